The average molecular weight is 286 g/mol. The molecule has 1 spiro atoms. The van der Waals surface area contributed by atoms with Crippen molar-refractivity contribution in [3.63, 3.8) is 0 Å². The zero-order valence-electron chi connectivity index (χ0n) is 10.7. The third-order valence-electron chi connectivity index (χ3n) is 3.72. The van der Waals surface area contributed by atoms with Gasteiger partial charge < -0.3 is 9.47 Å². The molecule has 1 aromatic carbocycles. The summed E-state index contributed by atoms with van der Waals surface area (Å²) in [4.78, 5) is 2.26. The Hall–Kier alpha value is -0.680. The molecule has 2 aliphatic rings. The van der Waals surface area contributed by atoms with Gasteiger partial charge in [0.15, 0.2) is 5.79 Å². The van der Waals surface area contributed by atoms with E-state index in [0.29, 0.717) is 24.8 Å². The molecule has 104 valence electrons. The van der Waals surface area contributed by atoms with Crippen LogP contribution in [-0.2, 0) is 16.0 Å². The molecule has 3 nitrogen and oxygen atoms in total. The van der Waals surface area contributed by atoms with E-state index in [4.69, 9.17) is 21.1 Å². The van der Waals surface area contributed by atoms with Gasteiger partial charge in [-0.3, -0.25) is 4.90 Å². The number of piperidine rings is 1. The summed E-state index contributed by atoms with van der Waals surface area (Å²) in [6.45, 7) is 3.78. The molecule has 0 unspecified atom stereocenters. The van der Waals surface area contributed by atoms with Gasteiger partial charge in [-0.2, -0.15) is 0 Å². The van der Waals surface area contributed by atoms with Crippen molar-refractivity contribution in [2.75, 3.05) is 26.3 Å². The fourth-order valence-corrected chi connectivity index (χ4v) is 3.06. The van der Waals surface area contributed by atoms with Crippen LogP contribution >= 0.6 is 11.6 Å². The molecule has 2 fully saturated rings. The molecule has 0 amide bonds. The fraction of sp³-hybridized carbons (Fsp3) is 0.571. The molecule has 3 rings (SSSR count). The maximum absolute atomic E-state index is 13.0. The molecule has 0 saturated carbocycles. The number of benzene rings is 1. The monoisotopic (exact) mass is 285 g/mol. The predicted octanol–water partition coefficient (Wildman–Crippen LogP) is 2.82. The van der Waals surface area contributed by atoms with Crippen LogP contribution in [-0.4, -0.2) is 37.0 Å². The van der Waals surface area contributed by atoms with Crippen LogP contribution in [0.4, 0.5) is 4.39 Å². The van der Waals surface area contributed by atoms with E-state index >= 15 is 0 Å². The number of hydrogen-bond donors (Lipinski definition) is 0. The number of hydrogen-bond acceptors (Lipinski definition) is 3. The lowest BCUT2D eigenvalue weighted by Crippen LogP contribution is -2.48. The second-order valence-corrected chi connectivity index (χ2v) is 5.56. The second-order valence-electron chi connectivity index (χ2n) is 5.16. The first-order valence-electron chi connectivity index (χ1n) is 6.61. The maximum atomic E-state index is 13.0. The summed E-state index contributed by atoms with van der Waals surface area (Å²) in [5.41, 5.74) is 0.943. The molecule has 5 heteroatoms. The third kappa shape index (κ3) is 2.92. The summed E-state index contributed by atoms with van der Waals surface area (Å²) in [5.74, 6) is -0.726. The minimum absolute atomic E-state index is 0.300. The highest BCUT2D eigenvalue weighted by atomic mass is 35.5. The smallest absolute Gasteiger partial charge is 0.181 e. The van der Waals surface area contributed by atoms with Crippen LogP contribution < -0.4 is 0 Å². The molecule has 0 N–H and O–H groups in total. The van der Waals surface area contributed by atoms with Gasteiger partial charge in [-0.05, 0) is 30.7 Å². The van der Waals surface area contributed by atoms with E-state index in [-0.39, 0.29) is 5.82 Å². The Kier molecular flexibility index (Phi) is 3.76. The van der Waals surface area contributed by atoms with E-state index in [2.05, 4.69) is 4.90 Å². The van der Waals surface area contributed by atoms with Crippen molar-refractivity contribution < 1.29 is 13.9 Å². The molecule has 0 aliphatic carbocycles. The van der Waals surface area contributed by atoms with Crippen molar-refractivity contribution in [3.8, 4) is 0 Å². The normalized spacial score (nSPS) is 23.1. The Morgan fingerprint density at radius 3 is 2.84 bits per heavy atom. The molecule has 0 aromatic heterocycles. The van der Waals surface area contributed by atoms with Gasteiger partial charge in [-0.1, -0.05) is 17.7 Å². The highest BCUT2D eigenvalue weighted by Crippen LogP contribution is 2.31. The van der Waals surface area contributed by atoms with Crippen molar-refractivity contribution >= 4 is 11.6 Å². The van der Waals surface area contributed by atoms with Crippen molar-refractivity contribution in [1.82, 2.24) is 4.90 Å². The minimum Gasteiger partial charge on any atom is -0.346 e. The largest absolute Gasteiger partial charge is 0.346 e. The molecule has 0 bridgehead atoms. The fourth-order valence-electron chi connectivity index (χ4n) is 2.83. The van der Waals surface area contributed by atoms with Gasteiger partial charge in [0.2, 0.25) is 0 Å². The van der Waals surface area contributed by atoms with Crippen molar-refractivity contribution in [2.45, 2.75) is 25.2 Å². The van der Waals surface area contributed by atoms with Crippen LogP contribution in [0.25, 0.3) is 0 Å². The minimum atomic E-state index is -0.426. The van der Waals surface area contributed by atoms with Crippen LogP contribution in [0.3, 0.4) is 0 Å². The van der Waals surface area contributed by atoms with E-state index in [1.165, 1.54) is 12.1 Å². The predicted molar refractivity (Wildman–Crippen MR) is 70.6 cm³/mol. The zero-order chi connectivity index (χ0) is 13.3. The number of ether oxygens (including phenoxy) is 2. The molecular weight excluding hydrogens is 269 g/mol. The van der Waals surface area contributed by atoms with Crippen molar-refractivity contribution in [1.29, 1.82) is 0 Å². The van der Waals surface area contributed by atoms with Gasteiger partial charge in [0.25, 0.3) is 0 Å². The topological polar surface area (TPSA) is 21.7 Å². The highest BCUT2D eigenvalue weighted by molar-refractivity contribution is 6.31. The standard InChI is InChI=1S/C14H17ClFNO2/c15-13-8-12(16)3-2-11(13)9-17-5-1-4-14(10-17)18-6-7-19-14/h2-3,8H,1,4-7,9-10H2. The number of likely N-dealkylation sites (tertiary alicyclic amines) is 1. The number of nitrogens with zero attached hydrogens (tertiary/aromatic N) is 1. The lowest BCUT2D eigenvalue weighted by Gasteiger charge is -2.38. The van der Waals surface area contributed by atoms with Gasteiger partial charge in [0.05, 0.1) is 19.8 Å². The summed E-state index contributed by atoms with van der Waals surface area (Å²) >= 11 is 6.07. The van der Waals surface area contributed by atoms with Crippen molar-refractivity contribution in [3.05, 3.63) is 34.6 Å². The maximum Gasteiger partial charge on any atom is 0.181 e. The summed E-state index contributed by atoms with van der Waals surface area (Å²) < 4.78 is 24.5. The van der Waals surface area contributed by atoms with Gasteiger partial charge >= 0.3 is 0 Å². The molecule has 2 saturated heterocycles. The Bertz CT molecular complexity index is 463. The number of halogens is 2. The van der Waals surface area contributed by atoms with E-state index in [1.807, 2.05) is 0 Å². The quantitative estimate of drug-likeness (QED) is 0.834. The van der Waals surface area contributed by atoms with Crippen LogP contribution in [0.2, 0.25) is 5.02 Å². The first-order chi connectivity index (χ1) is 9.17. The Morgan fingerprint density at radius 2 is 2.11 bits per heavy atom. The van der Waals surface area contributed by atoms with Gasteiger partial charge in [0.1, 0.15) is 5.82 Å². The molecular formula is C14H17ClFNO2. The second kappa shape index (κ2) is 5.37. The van der Waals surface area contributed by atoms with Crippen LogP contribution in [0.5, 0.6) is 0 Å². The molecule has 0 radical (unpaired) electrons. The summed E-state index contributed by atoms with van der Waals surface area (Å²) in [6, 6.07) is 4.55. The molecule has 19 heavy (non-hydrogen) atoms. The summed E-state index contributed by atoms with van der Waals surface area (Å²) in [5, 5.41) is 0.480. The first-order valence-corrected chi connectivity index (χ1v) is 6.99. The summed E-state index contributed by atoms with van der Waals surface area (Å²) in [7, 11) is 0. The van der Waals surface area contributed by atoms with E-state index in [9.17, 15) is 4.39 Å². The van der Waals surface area contributed by atoms with Crippen LogP contribution in [0.1, 0.15) is 18.4 Å². The van der Waals surface area contributed by atoms with Crippen molar-refractivity contribution in [2.24, 2.45) is 0 Å². The SMILES string of the molecule is Fc1ccc(CN2CCCC3(C2)OCCO3)c(Cl)c1. The van der Waals surface area contributed by atoms with Gasteiger partial charge in [0, 0.05) is 18.0 Å². The van der Waals surface area contributed by atoms with Crippen LogP contribution in [0, 0.1) is 5.82 Å². The van der Waals surface area contributed by atoms with Gasteiger partial charge in [-0.25, -0.2) is 4.39 Å². The lowest BCUT2D eigenvalue weighted by atomic mass is 10.0. The molecule has 0 atom stereocenters. The third-order valence-corrected chi connectivity index (χ3v) is 4.07. The van der Waals surface area contributed by atoms with E-state index in [0.717, 1.165) is 31.5 Å². The average Bonchev–Trinajstić information content (AvgIpc) is 2.81. The Morgan fingerprint density at radius 1 is 1.32 bits per heavy atom. The van der Waals surface area contributed by atoms with E-state index < -0.39 is 5.79 Å². The molecule has 2 heterocycles. The van der Waals surface area contributed by atoms with Gasteiger partial charge in [-0.15, -0.1) is 0 Å². The lowest BCUT2D eigenvalue weighted by molar-refractivity contribution is -0.190. The Labute approximate surface area is 117 Å². The summed E-state index contributed by atoms with van der Waals surface area (Å²) in [6.07, 6.45) is 1.99. The van der Waals surface area contributed by atoms with E-state index in [1.54, 1.807) is 6.07 Å². The molecule has 1 aromatic rings. The number of rotatable bonds is 2. The zero-order valence-corrected chi connectivity index (χ0v) is 11.5. The first kappa shape index (κ1) is 13.3. The van der Waals surface area contributed by atoms with Crippen LogP contribution in [0.15, 0.2) is 18.2 Å². The Balaban J connectivity index is 1.69. The molecule has 2 aliphatic heterocycles. The highest BCUT2D eigenvalue weighted by Gasteiger charge is 2.40.